The summed E-state index contributed by atoms with van der Waals surface area (Å²) in [6.45, 7) is 6.87. The number of ether oxygens (including phenoxy) is 2. The maximum Gasteiger partial charge on any atom is 0.435 e. The summed E-state index contributed by atoms with van der Waals surface area (Å²) in [5.74, 6) is 0.415. The Hall–Kier alpha value is -4.07. The summed E-state index contributed by atoms with van der Waals surface area (Å²) in [5.41, 5.74) is 6.04. The van der Waals surface area contributed by atoms with Gasteiger partial charge in [0.1, 0.15) is 39.5 Å². The molecule has 0 aliphatic heterocycles. The van der Waals surface area contributed by atoms with Gasteiger partial charge in [-0.2, -0.15) is 9.78 Å². The van der Waals surface area contributed by atoms with Gasteiger partial charge < -0.3 is 9.47 Å². The van der Waals surface area contributed by atoms with Crippen molar-refractivity contribution in [2.24, 2.45) is 0 Å². The van der Waals surface area contributed by atoms with E-state index in [-0.39, 0.29) is 5.78 Å². The highest BCUT2D eigenvalue weighted by atomic mass is 16.6. The molecule has 0 atom stereocenters. The fourth-order valence-electron chi connectivity index (χ4n) is 4.59. The molecule has 8 nitrogen and oxygen atoms in total. The molecule has 0 saturated heterocycles. The van der Waals surface area contributed by atoms with Crippen LogP contribution in [0.15, 0.2) is 42.6 Å². The largest absolute Gasteiger partial charge is 0.494 e. The van der Waals surface area contributed by atoms with Gasteiger partial charge in [0.2, 0.25) is 0 Å². The van der Waals surface area contributed by atoms with Crippen LogP contribution in [-0.4, -0.2) is 44.3 Å². The van der Waals surface area contributed by atoms with Crippen LogP contribution in [0, 0.1) is 0 Å². The molecule has 0 unspecified atom stereocenters. The molecule has 1 aliphatic rings. The van der Waals surface area contributed by atoms with Crippen LogP contribution in [0.3, 0.4) is 0 Å². The highest BCUT2D eigenvalue weighted by Gasteiger charge is 2.27. The van der Waals surface area contributed by atoms with E-state index in [2.05, 4.69) is 22.2 Å². The molecule has 4 aromatic rings. The Kier molecular flexibility index (Phi) is 5.82. The fraction of sp³-hybridized carbons (Fsp3) is 0.321. The normalized spacial score (nSPS) is 13.0. The predicted molar refractivity (Wildman–Crippen MR) is 136 cm³/mol. The Morgan fingerprint density at radius 3 is 2.53 bits per heavy atom. The second-order valence-electron chi connectivity index (χ2n) is 9.93. The van der Waals surface area contributed by atoms with Crippen LogP contribution < -0.4 is 4.74 Å². The number of hydrogen-bond donors (Lipinski definition) is 0. The van der Waals surface area contributed by atoms with Crippen molar-refractivity contribution < 1.29 is 19.1 Å². The Morgan fingerprint density at radius 2 is 1.86 bits per heavy atom. The summed E-state index contributed by atoms with van der Waals surface area (Å²) < 4.78 is 12.6. The second kappa shape index (κ2) is 8.86. The Labute approximate surface area is 209 Å². The lowest BCUT2D eigenvalue weighted by Gasteiger charge is -2.19. The molecule has 3 aromatic heterocycles. The number of methoxy groups -OCH3 is 1. The lowest BCUT2D eigenvalue weighted by molar-refractivity contribution is 0.0523. The summed E-state index contributed by atoms with van der Waals surface area (Å²) in [6, 6.07) is 11.4. The molecule has 8 heteroatoms. The van der Waals surface area contributed by atoms with Crippen molar-refractivity contribution in [1.82, 2.24) is 19.7 Å². The molecule has 3 heterocycles. The van der Waals surface area contributed by atoms with Gasteiger partial charge in [0.15, 0.2) is 5.78 Å². The number of ketones is 1. The quantitative estimate of drug-likeness (QED) is 0.346. The Balaban J connectivity index is 1.76. The second-order valence-corrected chi connectivity index (χ2v) is 9.93. The van der Waals surface area contributed by atoms with E-state index in [0.717, 1.165) is 24.8 Å². The summed E-state index contributed by atoms with van der Waals surface area (Å²) in [7, 11) is 1.59. The number of hydrogen-bond acceptors (Lipinski definition) is 7. The number of Topliss-reactive ketones (excluding diaryl/α,β-unsaturated/α-hetero) is 1. The number of pyridine rings is 2. The van der Waals surface area contributed by atoms with Gasteiger partial charge in [-0.3, -0.25) is 9.78 Å². The molecule has 1 aromatic carbocycles. The third-order valence-electron chi connectivity index (χ3n) is 6.20. The van der Waals surface area contributed by atoms with Crippen molar-refractivity contribution in [2.75, 3.05) is 7.11 Å². The first-order valence-electron chi connectivity index (χ1n) is 12.0. The summed E-state index contributed by atoms with van der Waals surface area (Å²) in [6.07, 6.45) is 4.08. The van der Waals surface area contributed by atoms with Crippen molar-refractivity contribution in [2.45, 2.75) is 52.6 Å². The first-order chi connectivity index (χ1) is 17.2. The highest BCUT2D eigenvalue weighted by molar-refractivity contribution is 5.98. The molecule has 5 rings (SSSR count). The maximum atomic E-state index is 13.1. The van der Waals surface area contributed by atoms with Gasteiger partial charge >= 0.3 is 6.09 Å². The smallest absolute Gasteiger partial charge is 0.435 e. The van der Waals surface area contributed by atoms with Crippen molar-refractivity contribution in [1.29, 1.82) is 0 Å². The van der Waals surface area contributed by atoms with Crippen molar-refractivity contribution >= 4 is 22.9 Å². The van der Waals surface area contributed by atoms with Gasteiger partial charge in [-0.25, -0.2) is 9.78 Å². The van der Waals surface area contributed by atoms with E-state index in [0.29, 0.717) is 39.4 Å². The van der Waals surface area contributed by atoms with Crippen LogP contribution in [0.4, 0.5) is 4.79 Å². The lowest BCUT2D eigenvalue weighted by Crippen LogP contribution is -2.27. The van der Waals surface area contributed by atoms with E-state index in [9.17, 15) is 9.59 Å². The molecule has 0 fully saturated rings. The van der Waals surface area contributed by atoms with Crippen molar-refractivity contribution in [3.05, 3.63) is 59.4 Å². The molecule has 0 radical (unpaired) electrons. The number of aromatic nitrogens is 4. The number of carbonyl (C=O) groups is 2. The van der Waals surface area contributed by atoms with E-state index >= 15 is 0 Å². The fourth-order valence-corrected chi connectivity index (χ4v) is 4.59. The highest BCUT2D eigenvalue weighted by Crippen LogP contribution is 2.39. The summed E-state index contributed by atoms with van der Waals surface area (Å²) >= 11 is 0. The van der Waals surface area contributed by atoms with Crippen LogP contribution in [0.1, 0.15) is 55.7 Å². The number of fused-ring (bicyclic) bond motifs is 2. The molecule has 0 spiro atoms. The summed E-state index contributed by atoms with van der Waals surface area (Å²) in [4.78, 5) is 34.1. The summed E-state index contributed by atoms with van der Waals surface area (Å²) in [5, 5.41) is 4.60. The van der Waals surface area contributed by atoms with E-state index in [4.69, 9.17) is 14.5 Å². The SMILES string of the molecule is COc1cc2c(nc1-c1cccc3c1CCC3)c(-c1ccc(C(C)=O)nc1)nn2C(=O)OC(C)(C)C. The third kappa shape index (κ3) is 4.23. The average molecular weight is 485 g/mol. The first kappa shape index (κ1) is 23.7. The van der Waals surface area contributed by atoms with Crippen LogP contribution in [-0.2, 0) is 17.6 Å². The molecular formula is C28H28N4O4. The molecular weight excluding hydrogens is 456 g/mol. The zero-order valence-electron chi connectivity index (χ0n) is 21.1. The zero-order chi connectivity index (χ0) is 25.6. The Bertz CT molecular complexity index is 1500. The van der Waals surface area contributed by atoms with Crippen LogP contribution in [0.2, 0.25) is 0 Å². The average Bonchev–Trinajstić information content (AvgIpc) is 3.46. The zero-order valence-corrected chi connectivity index (χ0v) is 21.1. The minimum absolute atomic E-state index is 0.131. The lowest BCUT2D eigenvalue weighted by atomic mass is 9.99. The Morgan fingerprint density at radius 1 is 1.06 bits per heavy atom. The topological polar surface area (TPSA) is 96.2 Å². The number of nitrogens with zero attached hydrogens (tertiary/aromatic N) is 4. The van der Waals surface area contributed by atoms with Gasteiger partial charge in [0, 0.05) is 30.3 Å². The third-order valence-corrected chi connectivity index (χ3v) is 6.20. The van der Waals surface area contributed by atoms with Crippen molar-refractivity contribution in [3.63, 3.8) is 0 Å². The monoisotopic (exact) mass is 484 g/mol. The van der Waals surface area contributed by atoms with Crippen LogP contribution in [0.5, 0.6) is 5.75 Å². The van der Waals surface area contributed by atoms with Gasteiger partial charge in [0.25, 0.3) is 0 Å². The number of aryl methyl sites for hydroxylation is 1. The molecule has 0 saturated carbocycles. The standard InChI is InChI=1S/C28H28N4O4/c1-16(33)21-13-12-18(15-29-21)24-26-22(32(31-24)27(34)36-28(2,3)4)14-23(35-5)25(30-26)20-11-7-9-17-8-6-10-19(17)20/h7,9,11-15H,6,8,10H2,1-5H3. The van der Waals surface area contributed by atoms with Gasteiger partial charge in [-0.1, -0.05) is 18.2 Å². The minimum atomic E-state index is -0.706. The van der Waals surface area contributed by atoms with E-state index in [1.54, 1.807) is 52.3 Å². The van der Waals surface area contributed by atoms with Crippen LogP contribution in [0.25, 0.3) is 33.5 Å². The molecule has 0 bridgehead atoms. The van der Waals surface area contributed by atoms with Gasteiger partial charge in [-0.15, -0.1) is 0 Å². The van der Waals surface area contributed by atoms with Crippen molar-refractivity contribution in [3.8, 4) is 28.3 Å². The number of rotatable bonds is 4. The van der Waals surface area contributed by atoms with E-state index < -0.39 is 11.7 Å². The first-order valence-corrected chi connectivity index (χ1v) is 12.0. The molecule has 1 aliphatic carbocycles. The number of benzene rings is 1. The molecule has 184 valence electrons. The van der Waals surface area contributed by atoms with E-state index in [1.165, 1.54) is 22.7 Å². The predicted octanol–water partition coefficient (Wildman–Crippen LogP) is 5.64. The van der Waals surface area contributed by atoms with Crippen LogP contribution >= 0.6 is 0 Å². The maximum absolute atomic E-state index is 13.1. The molecule has 0 amide bonds. The van der Waals surface area contributed by atoms with E-state index in [1.807, 2.05) is 6.07 Å². The van der Waals surface area contributed by atoms with Gasteiger partial charge in [-0.05, 0) is 63.3 Å². The number of carbonyl (C=O) groups excluding carboxylic acids is 2. The minimum Gasteiger partial charge on any atom is -0.494 e. The molecule has 0 N–H and O–H groups in total. The van der Waals surface area contributed by atoms with Gasteiger partial charge in [0.05, 0.1) is 7.11 Å². The molecule has 36 heavy (non-hydrogen) atoms.